The van der Waals surface area contributed by atoms with Crippen LogP contribution in [0, 0.1) is 0 Å². The van der Waals surface area contributed by atoms with Gasteiger partial charge in [-0.25, -0.2) is 4.98 Å². The zero-order valence-corrected chi connectivity index (χ0v) is 10.4. The standard InChI is InChI=1S/C14H15N3O/c1-16(2)14(18)8-5-12-3-6-13(7-4-12)17-10-9-15-11-17/h3-11H,1-2H3. The molecule has 18 heavy (non-hydrogen) atoms. The summed E-state index contributed by atoms with van der Waals surface area (Å²) >= 11 is 0. The number of benzene rings is 1. The molecule has 0 spiro atoms. The Hall–Kier alpha value is -2.36. The highest BCUT2D eigenvalue weighted by molar-refractivity contribution is 5.91. The van der Waals surface area contributed by atoms with E-state index in [0.29, 0.717) is 0 Å². The van der Waals surface area contributed by atoms with Crippen molar-refractivity contribution in [3.8, 4) is 5.69 Å². The molecule has 0 unspecified atom stereocenters. The van der Waals surface area contributed by atoms with E-state index in [0.717, 1.165) is 11.3 Å². The minimum absolute atomic E-state index is 0.0197. The van der Waals surface area contributed by atoms with Crippen LogP contribution < -0.4 is 0 Å². The van der Waals surface area contributed by atoms with Gasteiger partial charge in [-0.1, -0.05) is 12.1 Å². The Morgan fingerprint density at radius 3 is 2.56 bits per heavy atom. The van der Waals surface area contributed by atoms with Crippen LogP contribution in [0.15, 0.2) is 49.1 Å². The van der Waals surface area contributed by atoms with Gasteiger partial charge in [0.15, 0.2) is 0 Å². The van der Waals surface area contributed by atoms with Crippen molar-refractivity contribution in [2.45, 2.75) is 0 Å². The van der Waals surface area contributed by atoms with Crippen LogP contribution in [0.2, 0.25) is 0 Å². The van der Waals surface area contributed by atoms with Gasteiger partial charge in [0, 0.05) is 38.3 Å². The second kappa shape index (κ2) is 5.31. The number of imidazole rings is 1. The van der Waals surface area contributed by atoms with Gasteiger partial charge in [-0.2, -0.15) is 0 Å². The average Bonchev–Trinajstić information content (AvgIpc) is 2.90. The summed E-state index contributed by atoms with van der Waals surface area (Å²) < 4.78 is 1.93. The molecular formula is C14H15N3O. The fourth-order valence-electron chi connectivity index (χ4n) is 1.49. The summed E-state index contributed by atoms with van der Waals surface area (Å²) in [4.78, 5) is 16.9. The van der Waals surface area contributed by atoms with Crippen molar-refractivity contribution in [2.24, 2.45) is 0 Å². The van der Waals surface area contributed by atoms with Gasteiger partial charge in [0.2, 0.25) is 5.91 Å². The normalized spacial score (nSPS) is 10.8. The molecular weight excluding hydrogens is 226 g/mol. The third-order valence-corrected chi connectivity index (χ3v) is 2.55. The summed E-state index contributed by atoms with van der Waals surface area (Å²) in [5.74, 6) is -0.0197. The molecule has 0 aliphatic heterocycles. The number of hydrogen-bond donors (Lipinski definition) is 0. The van der Waals surface area contributed by atoms with E-state index in [2.05, 4.69) is 4.98 Å². The summed E-state index contributed by atoms with van der Waals surface area (Å²) in [5, 5.41) is 0. The van der Waals surface area contributed by atoms with E-state index in [-0.39, 0.29) is 5.91 Å². The minimum Gasteiger partial charge on any atom is -0.345 e. The summed E-state index contributed by atoms with van der Waals surface area (Å²) in [5.41, 5.74) is 2.04. The molecule has 0 N–H and O–H groups in total. The van der Waals surface area contributed by atoms with Gasteiger partial charge < -0.3 is 9.47 Å². The molecule has 1 heterocycles. The number of aromatic nitrogens is 2. The van der Waals surface area contributed by atoms with Gasteiger partial charge in [-0.15, -0.1) is 0 Å². The lowest BCUT2D eigenvalue weighted by Crippen LogP contribution is -2.18. The number of rotatable bonds is 3. The molecule has 2 rings (SSSR count). The lowest BCUT2D eigenvalue weighted by molar-refractivity contribution is -0.123. The maximum atomic E-state index is 11.4. The Labute approximate surface area is 106 Å². The zero-order valence-electron chi connectivity index (χ0n) is 10.4. The Morgan fingerprint density at radius 1 is 1.28 bits per heavy atom. The van der Waals surface area contributed by atoms with E-state index in [1.54, 1.807) is 38.8 Å². The third kappa shape index (κ3) is 2.85. The van der Waals surface area contributed by atoms with Gasteiger partial charge >= 0.3 is 0 Å². The van der Waals surface area contributed by atoms with Gasteiger partial charge in [-0.3, -0.25) is 4.79 Å². The second-order valence-corrected chi connectivity index (χ2v) is 4.13. The van der Waals surface area contributed by atoms with Crippen LogP contribution in [0.25, 0.3) is 11.8 Å². The molecule has 4 heteroatoms. The molecule has 4 nitrogen and oxygen atoms in total. The number of likely N-dealkylation sites (N-methyl/N-ethyl adjacent to an activating group) is 1. The lowest BCUT2D eigenvalue weighted by Gasteiger charge is -2.05. The number of hydrogen-bond acceptors (Lipinski definition) is 2. The molecule has 0 saturated heterocycles. The fourth-order valence-corrected chi connectivity index (χ4v) is 1.49. The lowest BCUT2D eigenvalue weighted by atomic mass is 10.2. The Bertz CT molecular complexity index is 539. The van der Waals surface area contributed by atoms with Crippen LogP contribution in [0.3, 0.4) is 0 Å². The van der Waals surface area contributed by atoms with Crippen LogP contribution >= 0.6 is 0 Å². The molecule has 1 amide bonds. The smallest absolute Gasteiger partial charge is 0.246 e. The Morgan fingerprint density at radius 2 is 2.00 bits per heavy atom. The van der Waals surface area contributed by atoms with Crippen LogP contribution in [0.5, 0.6) is 0 Å². The summed E-state index contributed by atoms with van der Waals surface area (Å²) in [6.07, 6.45) is 8.75. The molecule has 1 aromatic carbocycles. The van der Waals surface area contributed by atoms with Crippen LogP contribution in [-0.4, -0.2) is 34.5 Å². The zero-order chi connectivity index (χ0) is 13.0. The van der Waals surface area contributed by atoms with Gasteiger partial charge in [0.25, 0.3) is 0 Å². The van der Waals surface area contributed by atoms with Gasteiger partial charge in [0.05, 0.1) is 6.33 Å². The monoisotopic (exact) mass is 241 g/mol. The van der Waals surface area contributed by atoms with Crippen molar-refractivity contribution < 1.29 is 4.79 Å². The average molecular weight is 241 g/mol. The molecule has 0 aliphatic rings. The Balaban J connectivity index is 2.11. The topological polar surface area (TPSA) is 38.1 Å². The Kier molecular flexibility index (Phi) is 3.57. The van der Waals surface area contributed by atoms with E-state index in [1.807, 2.05) is 35.0 Å². The minimum atomic E-state index is -0.0197. The number of nitrogens with zero attached hydrogens (tertiary/aromatic N) is 3. The quantitative estimate of drug-likeness (QED) is 0.771. The highest BCUT2D eigenvalue weighted by atomic mass is 16.2. The van der Waals surface area contributed by atoms with E-state index in [9.17, 15) is 4.79 Å². The first-order valence-corrected chi connectivity index (χ1v) is 5.64. The molecule has 0 bridgehead atoms. The maximum absolute atomic E-state index is 11.4. The first-order chi connectivity index (χ1) is 8.66. The van der Waals surface area contributed by atoms with E-state index < -0.39 is 0 Å². The fraction of sp³-hybridized carbons (Fsp3) is 0.143. The largest absolute Gasteiger partial charge is 0.345 e. The first-order valence-electron chi connectivity index (χ1n) is 5.64. The van der Waals surface area contributed by atoms with Gasteiger partial charge in [-0.05, 0) is 23.8 Å². The van der Waals surface area contributed by atoms with Gasteiger partial charge in [0.1, 0.15) is 0 Å². The van der Waals surface area contributed by atoms with Crippen molar-refractivity contribution in [3.05, 3.63) is 54.6 Å². The van der Waals surface area contributed by atoms with E-state index >= 15 is 0 Å². The first kappa shape index (κ1) is 12.1. The molecule has 0 aliphatic carbocycles. The third-order valence-electron chi connectivity index (χ3n) is 2.55. The number of carbonyl (C=O) groups excluding carboxylic acids is 1. The number of amides is 1. The molecule has 92 valence electrons. The van der Waals surface area contributed by atoms with Crippen molar-refractivity contribution in [2.75, 3.05) is 14.1 Å². The van der Waals surface area contributed by atoms with Crippen LogP contribution in [-0.2, 0) is 4.79 Å². The van der Waals surface area contributed by atoms with Crippen molar-refractivity contribution in [1.82, 2.24) is 14.5 Å². The van der Waals surface area contributed by atoms with E-state index in [4.69, 9.17) is 0 Å². The van der Waals surface area contributed by atoms with Crippen molar-refractivity contribution >= 4 is 12.0 Å². The highest BCUT2D eigenvalue weighted by Crippen LogP contribution is 2.10. The predicted molar refractivity (Wildman–Crippen MR) is 71.3 cm³/mol. The maximum Gasteiger partial charge on any atom is 0.246 e. The molecule has 0 radical (unpaired) electrons. The molecule has 0 saturated carbocycles. The molecule has 1 aromatic heterocycles. The molecule has 2 aromatic rings. The van der Waals surface area contributed by atoms with Crippen molar-refractivity contribution in [1.29, 1.82) is 0 Å². The summed E-state index contributed by atoms with van der Waals surface area (Å²) in [7, 11) is 3.46. The summed E-state index contributed by atoms with van der Waals surface area (Å²) in [6.45, 7) is 0. The SMILES string of the molecule is CN(C)C(=O)C=Cc1ccc(-n2ccnc2)cc1. The van der Waals surface area contributed by atoms with Crippen LogP contribution in [0.4, 0.5) is 0 Å². The predicted octanol–water partition coefficient (Wildman–Crippen LogP) is 1.97. The number of carbonyl (C=O) groups is 1. The van der Waals surface area contributed by atoms with E-state index in [1.165, 1.54) is 4.90 Å². The molecule has 0 atom stereocenters. The highest BCUT2D eigenvalue weighted by Gasteiger charge is 1.98. The summed E-state index contributed by atoms with van der Waals surface area (Å²) in [6, 6.07) is 7.91. The second-order valence-electron chi connectivity index (χ2n) is 4.13. The molecule has 0 fully saturated rings. The van der Waals surface area contributed by atoms with Crippen LogP contribution in [0.1, 0.15) is 5.56 Å². The van der Waals surface area contributed by atoms with Crippen molar-refractivity contribution in [3.63, 3.8) is 0 Å².